The van der Waals surface area contributed by atoms with Gasteiger partial charge in [0.25, 0.3) is 0 Å². The highest BCUT2D eigenvalue weighted by molar-refractivity contribution is 5.95. The highest BCUT2D eigenvalue weighted by Crippen LogP contribution is 2.41. The van der Waals surface area contributed by atoms with Gasteiger partial charge in [-0.05, 0) is 98.2 Å². The van der Waals surface area contributed by atoms with Crippen LogP contribution in [0, 0.1) is 5.92 Å². The van der Waals surface area contributed by atoms with Crippen LogP contribution < -0.4 is 15.5 Å². The number of anilines is 3. The average molecular weight is 494 g/mol. The lowest BCUT2D eigenvalue weighted by Gasteiger charge is -2.39. The zero-order valence-corrected chi connectivity index (χ0v) is 21.9. The number of fused-ring (bicyclic) bond motifs is 1. The topological polar surface area (TPSA) is 61.4 Å². The zero-order valence-electron chi connectivity index (χ0n) is 21.9. The van der Waals surface area contributed by atoms with E-state index in [2.05, 4.69) is 72.7 Å². The third-order valence-electron chi connectivity index (χ3n) is 7.23. The monoisotopic (exact) mass is 493 g/mol. The number of nitrogens with one attached hydrogen (secondary N) is 2. The molecule has 37 heavy (non-hydrogen) atoms. The van der Waals surface area contributed by atoms with Crippen LogP contribution in [0.1, 0.15) is 57.2 Å². The van der Waals surface area contributed by atoms with Gasteiger partial charge in [-0.25, -0.2) is 0 Å². The Bertz CT molecular complexity index is 1340. The van der Waals surface area contributed by atoms with E-state index in [0.29, 0.717) is 0 Å². The molecule has 2 N–H and O–H groups in total. The van der Waals surface area contributed by atoms with Crippen molar-refractivity contribution in [2.45, 2.75) is 58.5 Å². The molecule has 2 aliphatic rings. The fourth-order valence-corrected chi connectivity index (χ4v) is 5.29. The lowest BCUT2D eigenvalue weighted by Crippen LogP contribution is -2.43. The Balaban J connectivity index is 1.46. The van der Waals surface area contributed by atoms with Gasteiger partial charge in [0.05, 0.1) is 6.04 Å². The summed E-state index contributed by atoms with van der Waals surface area (Å²) < 4.78 is 0. The SMILES string of the molecule is C=C(C)Cc1ccc(N[C@@H]2C[C@H](C)N(C(C)=O)c3ccc(-c4cccc(NC(=O)C5CC5)c4)cc32)cc1. The predicted molar refractivity (Wildman–Crippen MR) is 152 cm³/mol. The van der Waals surface area contributed by atoms with Gasteiger partial charge >= 0.3 is 0 Å². The van der Waals surface area contributed by atoms with Crippen molar-refractivity contribution in [3.8, 4) is 11.1 Å². The van der Waals surface area contributed by atoms with Crippen molar-refractivity contribution in [3.05, 3.63) is 90.0 Å². The molecule has 1 aliphatic carbocycles. The van der Waals surface area contributed by atoms with Crippen LogP contribution in [-0.4, -0.2) is 17.9 Å². The van der Waals surface area contributed by atoms with Crippen LogP contribution in [0.4, 0.5) is 17.1 Å². The lowest BCUT2D eigenvalue weighted by molar-refractivity contribution is -0.118. The number of carbonyl (C=O) groups excluding carboxylic acids is 2. The van der Waals surface area contributed by atoms with Crippen LogP contribution in [0.2, 0.25) is 0 Å². The molecule has 1 heterocycles. The normalized spacial score (nSPS) is 18.6. The molecule has 3 aromatic rings. The van der Waals surface area contributed by atoms with Gasteiger partial charge in [-0.1, -0.05) is 42.5 Å². The van der Waals surface area contributed by atoms with Crippen molar-refractivity contribution < 1.29 is 9.59 Å². The van der Waals surface area contributed by atoms with E-state index in [-0.39, 0.29) is 29.8 Å². The van der Waals surface area contributed by atoms with E-state index in [0.717, 1.165) is 65.0 Å². The summed E-state index contributed by atoms with van der Waals surface area (Å²) in [5.74, 6) is 0.315. The summed E-state index contributed by atoms with van der Waals surface area (Å²) in [4.78, 5) is 26.8. The largest absolute Gasteiger partial charge is 0.378 e. The highest BCUT2D eigenvalue weighted by atomic mass is 16.2. The second-order valence-electron chi connectivity index (χ2n) is 10.6. The minimum Gasteiger partial charge on any atom is -0.378 e. The van der Waals surface area contributed by atoms with Gasteiger partial charge in [0.15, 0.2) is 0 Å². The van der Waals surface area contributed by atoms with Crippen molar-refractivity contribution in [1.29, 1.82) is 0 Å². The molecule has 5 heteroatoms. The second kappa shape index (κ2) is 10.3. The van der Waals surface area contributed by atoms with E-state index in [1.165, 1.54) is 5.56 Å². The summed E-state index contributed by atoms with van der Waals surface area (Å²) in [5.41, 5.74) is 8.40. The number of nitrogens with zero attached hydrogens (tertiary/aromatic N) is 1. The molecule has 0 unspecified atom stereocenters. The van der Waals surface area contributed by atoms with Gasteiger partial charge in [0.1, 0.15) is 0 Å². The first-order valence-corrected chi connectivity index (χ1v) is 13.1. The predicted octanol–water partition coefficient (Wildman–Crippen LogP) is 7.12. The zero-order chi connectivity index (χ0) is 26.1. The summed E-state index contributed by atoms with van der Waals surface area (Å²) >= 11 is 0. The molecule has 190 valence electrons. The number of hydrogen-bond acceptors (Lipinski definition) is 3. The van der Waals surface area contributed by atoms with Crippen molar-refractivity contribution in [1.82, 2.24) is 0 Å². The summed E-state index contributed by atoms with van der Waals surface area (Å²) in [7, 11) is 0. The van der Waals surface area contributed by atoms with Crippen molar-refractivity contribution in [2.24, 2.45) is 5.92 Å². The molecular weight excluding hydrogens is 458 g/mol. The quantitative estimate of drug-likeness (QED) is 0.345. The minimum atomic E-state index is 0.0499. The summed E-state index contributed by atoms with van der Waals surface area (Å²) in [6, 6.07) is 23.0. The first-order chi connectivity index (χ1) is 17.8. The Kier molecular flexibility index (Phi) is 6.88. The first kappa shape index (κ1) is 24.8. The van der Waals surface area contributed by atoms with Crippen LogP contribution in [0.5, 0.6) is 0 Å². The first-order valence-electron chi connectivity index (χ1n) is 13.1. The Morgan fingerprint density at radius 3 is 2.35 bits per heavy atom. The molecule has 2 atom stereocenters. The van der Waals surface area contributed by atoms with Gasteiger partial charge < -0.3 is 15.5 Å². The van der Waals surface area contributed by atoms with Gasteiger partial charge in [-0.2, -0.15) is 0 Å². The third-order valence-corrected chi connectivity index (χ3v) is 7.23. The minimum absolute atomic E-state index is 0.0499. The molecular formula is C32H35N3O2. The number of hydrogen-bond donors (Lipinski definition) is 2. The molecule has 0 spiro atoms. The van der Waals surface area contributed by atoms with Gasteiger partial charge in [-0.3, -0.25) is 9.59 Å². The average Bonchev–Trinajstić information content (AvgIpc) is 3.70. The Morgan fingerprint density at radius 2 is 1.68 bits per heavy atom. The van der Waals surface area contributed by atoms with Crippen molar-refractivity contribution >= 4 is 28.9 Å². The Labute approximate surface area is 219 Å². The van der Waals surface area contributed by atoms with E-state index >= 15 is 0 Å². The van der Waals surface area contributed by atoms with E-state index in [9.17, 15) is 9.59 Å². The maximum absolute atomic E-state index is 12.6. The van der Waals surface area contributed by atoms with E-state index in [4.69, 9.17) is 0 Å². The van der Waals surface area contributed by atoms with E-state index < -0.39 is 0 Å². The van der Waals surface area contributed by atoms with Gasteiger partial charge in [-0.15, -0.1) is 0 Å². The molecule has 1 saturated carbocycles. The van der Waals surface area contributed by atoms with E-state index in [1.54, 1.807) is 6.92 Å². The smallest absolute Gasteiger partial charge is 0.227 e. The lowest BCUT2D eigenvalue weighted by atomic mass is 9.88. The summed E-state index contributed by atoms with van der Waals surface area (Å²) in [6.45, 7) is 9.80. The number of rotatable bonds is 7. The fourth-order valence-electron chi connectivity index (χ4n) is 5.29. The molecule has 5 nitrogen and oxygen atoms in total. The molecule has 3 aromatic carbocycles. The molecule has 2 amide bonds. The number of carbonyl (C=O) groups is 2. The molecule has 0 bridgehead atoms. The number of allylic oxidation sites excluding steroid dienone is 1. The molecule has 0 aromatic heterocycles. The second-order valence-corrected chi connectivity index (χ2v) is 10.6. The molecule has 1 aliphatic heterocycles. The Hall–Kier alpha value is -3.86. The van der Waals surface area contributed by atoms with Gasteiger partial charge in [0, 0.05) is 35.9 Å². The number of amides is 2. The highest BCUT2D eigenvalue weighted by Gasteiger charge is 2.33. The number of benzene rings is 3. The molecule has 5 rings (SSSR count). The maximum atomic E-state index is 12.6. The summed E-state index contributed by atoms with van der Waals surface area (Å²) in [6.07, 6.45) is 3.64. The Morgan fingerprint density at radius 1 is 0.946 bits per heavy atom. The molecule has 0 radical (unpaired) electrons. The standard InChI is InChI=1S/C32H35N3O2/c1-20(2)16-23-8-13-27(14-9-23)33-30-17-21(3)35(22(4)36)31-15-12-26(19-29(30)31)25-6-5-7-28(18-25)34-32(37)24-10-11-24/h5-9,12-15,18-19,21,24,30,33H,1,10-11,16-17H2,2-4H3,(H,34,37)/t21-,30+/m0/s1. The van der Waals surface area contributed by atoms with Crippen LogP contribution in [0.15, 0.2) is 78.9 Å². The van der Waals surface area contributed by atoms with Crippen LogP contribution in [0.25, 0.3) is 11.1 Å². The summed E-state index contributed by atoms with van der Waals surface area (Å²) in [5, 5.41) is 6.78. The van der Waals surface area contributed by atoms with Crippen molar-refractivity contribution in [2.75, 3.05) is 15.5 Å². The fraction of sp³-hybridized carbons (Fsp3) is 0.312. The van der Waals surface area contributed by atoms with Crippen LogP contribution in [0.3, 0.4) is 0 Å². The van der Waals surface area contributed by atoms with Crippen molar-refractivity contribution in [3.63, 3.8) is 0 Å². The van der Waals surface area contributed by atoms with Gasteiger partial charge in [0.2, 0.25) is 11.8 Å². The van der Waals surface area contributed by atoms with E-state index in [1.807, 2.05) is 30.0 Å². The molecule has 0 saturated heterocycles. The molecule has 1 fully saturated rings. The maximum Gasteiger partial charge on any atom is 0.227 e. The third kappa shape index (κ3) is 5.61. The van der Waals surface area contributed by atoms with Crippen LogP contribution in [-0.2, 0) is 16.0 Å². The van der Waals surface area contributed by atoms with Crippen LogP contribution >= 0.6 is 0 Å².